The second-order valence-electron chi connectivity index (χ2n) is 10.9. The van der Waals surface area contributed by atoms with Crippen molar-refractivity contribution in [2.24, 2.45) is 5.10 Å². The van der Waals surface area contributed by atoms with Gasteiger partial charge in [0.1, 0.15) is 11.8 Å². The predicted molar refractivity (Wildman–Crippen MR) is 181 cm³/mol. The van der Waals surface area contributed by atoms with Crippen LogP contribution in [0.4, 0.5) is 0 Å². The summed E-state index contributed by atoms with van der Waals surface area (Å²) in [6, 6.07) is 29.9. The molecule has 0 saturated carbocycles. The molecule has 0 spiro atoms. The number of para-hydroxylation sites is 1. The molecule has 0 fully saturated rings. The fourth-order valence-corrected chi connectivity index (χ4v) is 5.67. The van der Waals surface area contributed by atoms with E-state index >= 15 is 0 Å². The highest BCUT2D eigenvalue weighted by Crippen LogP contribution is 2.28. The molecule has 1 heterocycles. The number of carbonyl (C=O) groups excluding carboxylic acids is 2. The molecule has 2 amide bonds. The molecule has 0 radical (unpaired) electrons. The Morgan fingerprint density at radius 3 is 2.38 bits per heavy atom. The van der Waals surface area contributed by atoms with E-state index in [4.69, 9.17) is 27.9 Å². The minimum absolute atomic E-state index is 0.261. The fourth-order valence-electron chi connectivity index (χ4n) is 5.22. The molecule has 45 heavy (non-hydrogen) atoms. The van der Waals surface area contributed by atoms with Crippen LogP contribution in [-0.4, -0.2) is 34.7 Å². The molecule has 0 aliphatic carbocycles. The highest BCUT2D eigenvalue weighted by atomic mass is 35.5. The summed E-state index contributed by atoms with van der Waals surface area (Å²) < 4.78 is 8.02. The molecule has 9 heteroatoms. The number of aromatic nitrogens is 1. The van der Waals surface area contributed by atoms with Gasteiger partial charge in [0.25, 0.3) is 11.8 Å². The minimum Gasteiger partial charge on any atom is -0.479 e. The first kappa shape index (κ1) is 31.8. The summed E-state index contributed by atoms with van der Waals surface area (Å²) in [6.07, 6.45) is 0.996. The van der Waals surface area contributed by atoms with E-state index in [1.54, 1.807) is 25.3 Å². The standard InChI is InChI=1S/C36H34Cl2N4O3/c1-23-10-9-13-27(18-23)22-42-24(2)30(29-14-7-8-15-33(29)42)21-39-41-36(44)32(19-26-11-5-4-6-12-26)40-35(43)25(3)45-34-17-16-28(37)20-31(34)38/h4-18,20-21,25,32H,19,22H2,1-3H3,(H,40,43)(H,41,44)/b39-21-/t25-,32-/m0/s1. The van der Waals surface area contributed by atoms with Crippen molar-refractivity contribution in [3.05, 3.63) is 135 Å². The molecular formula is C36H34Cl2N4O3. The lowest BCUT2D eigenvalue weighted by molar-refractivity contribution is -0.132. The summed E-state index contributed by atoms with van der Waals surface area (Å²) in [5, 5.41) is 8.92. The van der Waals surface area contributed by atoms with Gasteiger partial charge in [-0.15, -0.1) is 0 Å². The molecule has 0 aliphatic rings. The normalized spacial score (nSPS) is 12.6. The van der Waals surface area contributed by atoms with Crippen molar-refractivity contribution >= 4 is 52.1 Å². The second kappa shape index (κ2) is 14.5. The van der Waals surface area contributed by atoms with E-state index < -0.39 is 24.0 Å². The van der Waals surface area contributed by atoms with Crippen LogP contribution in [0.15, 0.2) is 102 Å². The fraction of sp³-hybridized carbons (Fsp3) is 0.194. The third-order valence-corrected chi connectivity index (χ3v) is 8.08. The van der Waals surface area contributed by atoms with Gasteiger partial charge in [0.2, 0.25) is 0 Å². The maximum Gasteiger partial charge on any atom is 0.262 e. The van der Waals surface area contributed by atoms with Gasteiger partial charge >= 0.3 is 0 Å². The Kier molecular flexibility index (Phi) is 10.2. The van der Waals surface area contributed by atoms with Gasteiger partial charge in [-0.2, -0.15) is 5.10 Å². The van der Waals surface area contributed by atoms with Crippen molar-refractivity contribution in [1.82, 2.24) is 15.3 Å². The van der Waals surface area contributed by atoms with E-state index in [2.05, 4.69) is 57.7 Å². The lowest BCUT2D eigenvalue weighted by atomic mass is 10.1. The number of benzene rings is 4. The van der Waals surface area contributed by atoms with Crippen molar-refractivity contribution in [3.63, 3.8) is 0 Å². The Balaban J connectivity index is 1.33. The maximum absolute atomic E-state index is 13.5. The largest absolute Gasteiger partial charge is 0.479 e. The van der Waals surface area contributed by atoms with Crippen molar-refractivity contribution < 1.29 is 14.3 Å². The Morgan fingerprint density at radius 2 is 1.62 bits per heavy atom. The van der Waals surface area contributed by atoms with Crippen LogP contribution in [-0.2, 0) is 22.6 Å². The first-order chi connectivity index (χ1) is 21.7. The summed E-state index contributed by atoms with van der Waals surface area (Å²) in [5.74, 6) is -0.619. The average Bonchev–Trinajstić information content (AvgIpc) is 3.28. The third kappa shape index (κ3) is 7.93. The molecule has 0 bridgehead atoms. The topological polar surface area (TPSA) is 84.7 Å². The Hall–Kier alpha value is -4.59. The van der Waals surface area contributed by atoms with Gasteiger partial charge in [0, 0.05) is 40.1 Å². The number of nitrogens with one attached hydrogen (secondary N) is 2. The van der Waals surface area contributed by atoms with E-state index in [9.17, 15) is 9.59 Å². The van der Waals surface area contributed by atoms with Crippen LogP contribution in [0, 0.1) is 13.8 Å². The first-order valence-electron chi connectivity index (χ1n) is 14.6. The zero-order valence-corrected chi connectivity index (χ0v) is 26.8. The van der Waals surface area contributed by atoms with Crippen LogP contribution in [0.2, 0.25) is 10.0 Å². The lowest BCUT2D eigenvalue weighted by Gasteiger charge is -2.21. The van der Waals surface area contributed by atoms with Gasteiger partial charge in [0.15, 0.2) is 6.10 Å². The number of ether oxygens (including phenoxy) is 1. The molecular weight excluding hydrogens is 607 g/mol. The quantitative estimate of drug-likeness (QED) is 0.118. The molecule has 1 aromatic heterocycles. The van der Waals surface area contributed by atoms with Crippen LogP contribution >= 0.6 is 23.2 Å². The van der Waals surface area contributed by atoms with Crippen LogP contribution in [0.5, 0.6) is 5.75 Å². The summed E-state index contributed by atoms with van der Waals surface area (Å²) >= 11 is 12.2. The molecule has 0 unspecified atom stereocenters. The van der Waals surface area contributed by atoms with Gasteiger partial charge in [-0.3, -0.25) is 9.59 Å². The average molecular weight is 642 g/mol. The maximum atomic E-state index is 13.5. The molecule has 4 aromatic carbocycles. The number of rotatable bonds is 11. The van der Waals surface area contributed by atoms with E-state index in [1.807, 2.05) is 55.5 Å². The first-order valence-corrected chi connectivity index (χ1v) is 15.4. The van der Waals surface area contributed by atoms with E-state index in [0.29, 0.717) is 17.3 Å². The zero-order valence-electron chi connectivity index (χ0n) is 25.3. The third-order valence-electron chi connectivity index (χ3n) is 7.55. The Morgan fingerprint density at radius 1 is 0.889 bits per heavy atom. The molecule has 7 nitrogen and oxygen atoms in total. The number of hydrogen-bond donors (Lipinski definition) is 2. The molecule has 230 valence electrons. The number of fused-ring (bicyclic) bond motifs is 1. The number of halogens is 2. The van der Waals surface area contributed by atoms with Gasteiger partial charge in [-0.1, -0.05) is 102 Å². The summed E-state index contributed by atoms with van der Waals surface area (Å²) in [7, 11) is 0. The number of carbonyl (C=O) groups is 2. The van der Waals surface area contributed by atoms with Gasteiger partial charge in [-0.25, -0.2) is 5.43 Å². The number of aryl methyl sites for hydroxylation is 1. The monoisotopic (exact) mass is 640 g/mol. The van der Waals surface area contributed by atoms with E-state index in [1.165, 1.54) is 17.2 Å². The van der Waals surface area contributed by atoms with Gasteiger partial charge < -0.3 is 14.6 Å². The Labute approximate surface area is 272 Å². The Bertz CT molecular complexity index is 1850. The molecule has 0 saturated heterocycles. The van der Waals surface area contributed by atoms with E-state index in [0.717, 1.165) is 27.7 Å². The van der Waals surface area contributed by atoms with Crippen LogP contribution in [0.3, 0.4) is 0 Å². The second-order valence-corrected chi connectivity index (χ2v) is 11.8. The SMILES string of the molecule is Cc1cccc(Cn2c(C)c(/C=N\NC(=O)[C@H](Cc3ccccc3)NC(=O)[C@H](C)Oc3ccc(Cl)cc3Cl)c3ccccc32)c1. The number of nitrogens with zero attached hydrogens (tertiary/aromatic N) is 2. The highest BCUT2D eigenvalue weighted by molar-refractivity contribution is 6.35. The van der Waals surface area contributed by atoms with Gasteiger partial charge in [0.05, 0.1) is 11.2 Å². The smallest absolute Gasteiger partial charge is 0.262 e. The van der Waals surface area contributed by atoms with Crippen molar-refractivity contribution in [2.45, 2.75) is 45.9 Å². The van der Waals surface area contributed by atoms with Gasteiger partial charge in [-0.05, 0) is 56.2 Å². The summed E-state index contributed by atoms with van der Waals surface area (Å²) in [6.45, 7) is 6.43. The predicted octanol–water partition coefficient (Wildman–Crippen LogP) is 7.26. The molecule has 5 rings (SSSR count). The summed E-state index contributed by atoms with van der Waals surface area (Å²) in [4.78, 5) is 26.6. The minimum atomic E-state index is -0.930. The van der Waals surface area contributed by atoms with Crippen LogP contribution in [0.1, 0.15) is 34.9 Å². The number of amides is 2. The number of hydrogen-bond acceptors (Lipinski definition) is 4. The van der Waals surface area contributed by atoms with Crippen molar-refractivity contribution in [3.8, 4) is 5.75 Å². The highest BCUT2D eigenvalue weighted by Gasteiger charge is 2.25. The van der Waals surface area contributed by atoms with Crippen LogP contribution < -0.4 is 15.5 Å². The lowest BCUT2D eigenvalue weighted by Crippen LogP contribution is -2.50. The summed E-state index contributed by atoms with van der Waals surface area (Å²) in [5.41, 5.74) is 8.95. The van der Waals surface area contributed by atoms with Crippen molar-refractivity contribution in [1.29, 1.82) is 0 Å². The number of hydrazone groups is 1. The molecule has 0 aliphatic heterocycles. The molecule has 2 N–H and O–H groups in total. The molecule has 2 atom stereocenters. The molecule has 5 aromatic rings. The van der Waals surface area contributed by atoms with Crippen LogP contribution in [0.25, 0.3) is 10.9 Å². The van der Waals surface area contributed by atoms with Crippen molar-refractivity contribution in [2.75, 3.05) is 0 Å². The van der Waals surface area contributed by atoms with E-state index in [-0.39, 0.29) is 11.4 Å². The zero-order chi connectivity index (χ0) is 31.9.